The summed E-state index contributed by atoms with van der Waals surface area (Å²) in [5, 5.41) is 0. The van der Waals surface area contributed by atoms with Crippen LogP contribution in [0.2, 0.25) is 0 Å². The Bertz CT molecular complexity index is 504. The molecule has 0 N–H and O–H groups in total. The van der Waals surface area contributed by atoms with Crippen molar-refractivity contribution in [2.24, 2.45) is 23.7 Å². The van der Waals surface area contributed by atoms with Crippen molar-refractivity contribution in [2.45, 2.75) is 39.5 Å². The summed E-state index contributed by atoms with van der Waals surface area (Å²) in [6.45, 7) is 5.34. The first-order valence-corrected chi connectivity index (χ1v) is 8.89. The molecule has 1 aliphatic heterocycles. The third-order valence-electron chi connectivity index (χ3n) is 5.48. The molecule has 0 spiro atoms. The number of likely N-dealkylation sites (tertiary alicyclic amines) is 1. The van der Waals surface area contributed by atoms with Crippen LogP contribution >= 0.6 is 0 Å². The predicted octanol–water partition coefficient (Wildman–Crippen LogP) is 1.83. The van der Waals surface area contributed by atoms with Crippen LogP contribution in [0, 0.1) is 23.7 Å². The lowest BCUT2D eigenvalue weighted by Gasteiger charge is -2.38. The van der Waals surface area contributed by atoms with Crippen LogP contribution in [-0.2, 0) is 14.4 Å². The second kappa shape index (κ2) is 6.46. The highest BCUT2D eigenvalue weighted by Gasteiger charge is 2.56. The molecule has 1 saturated carbocycles. The summed E-state index contributed by atoms with van der Waals surface area (Å²) in [5.74, 6) is -0.419. The third kappa shape index (κ3) is 2.70. The minimum atomic E-state index is -0.218. The van der Waals surface area contributed by atoms with E-state index in [0.29, 0.717) is 13.1 Å². The topological polar surface area (TPSA) is 57.7 Å². The molecule has 1 saturated heterocycles. The van der Waals surface area contributed by atoms with Gasteiger partial charge in [0, 0.05) is 13.1 Å². The van der Waals surface area contributed by atoms with E-state index < -0.39 is 0 Å². The lowest BCUT2D eigenvalue weighted by Crippen LogP contribution is -2.44. The average Bonchev–Trinajstić information content (AvgIpc) is 2.83. The summed E-state index contributed by atoms with van der Waals surface area (Å²) in [7, 11) is 0. The molecule has 5 nitrogen and oxygen atoms in total. The van der Waals surface area contributed by atoms with E-state index in [1.54, 1.807) is 4.90 Å². The van der Waals surface area contributed by atoms with E-state index in [2.05, 4.69) is 12.2 Å². The Morgan fingerprint density at radius 1 is 1.04 bits per heavy atom. The summed E-state index contributed by atoms with van der Waals surface area (Å²) in [6.07, 6.45) is 7.94. The van der Waals surface area contributed by atoms with Gasteiger partial charge in [-0.2, -0.15) is 0 Å². The largest absolute Gasteiger partial charge is 0.341 e. The molecule has 23 heavy (non-hydrogen) atoms. The van der Waals surface area contributed by atoms with E-state index in [0.717, 1.165) is 25.7 Å². The fourth-order valence-electron chi connectivity index (χ4n) is 4.43. The van der Waals surface area contributed by atoms with Gasteiger partial charge in [-0.05, 0) is 37.5 Å². The number of hydrogen-bond donors (Lipinski definition) is 0. The highest BCUT2D eigenvalue weighted by Crippen LogP contribution is 2.49. The lowest BCUT2D eigenvalue weighted by molar-refractivity contribution is -0.146. The molecule has 2 bridgehead atoms. The molecule has 4 rings (SSSR count). The zero-order valence-electron chi connectivity index (χ0n) is 14.0. The normalized spacial score (nSPS) is 31.7. The number of rotatable bonds is 6. The maximum absolute atomic E-state index is 12.7. The van der Waals surface area contributed by atoms with Gasteiger partial charge in [0.2, 0.25) is 17.7 Å². The first-order valence-electron chi connectivity index (χ1n) is 8.89. The second-order valence-electron chi connectivity index (χ2n) is 6.98. The molecule has 126 valence electrons. The van der Waals surface area contributed by atoms with Crippen LogP contribution in [0.3, 0.4) is 0 Å². The Kier molecular flexibility index (Phi) is 4.55. The summed E-state index contributed by atoms with van der Waals surface area (Å²) in [4.78, 5) is 41.0. The van der Waals surface area contributed by atoms with E-state index in [1.807, 2.05) is 13.8 Å². The maximum atomic E-state index is 12.7. The smallest absolute Gasteiger partial charge is 0.242 e. The van der Waals surface area contributed by atoms with Gasteiger partial charge in [0.15, 0.2) is 0 Å². The first kappa shape index (κ1) is 16.2. The highest BCUT2D eigenvalue weighted by molar-refractivity contribution is 6.08. The predicted molar refractivity (Wildman–Crippen MR) is 86.2 cm³/mol. The van der Waals surface area contributed by atoms with Crippen molar-refractivity contribution >= 4 is 17.7 Å². The number of allylic oxidation sites excluding steroid dienone is 2. The van der Waals surface area contributed by atoms with Gasteiger partial charge in [-0.25, -0.2) is 0 Å². The van der Waals surface area contributed by atoms with Crippen molar-refractivity contribution < 1.29 is 14.4 Å². The Hall–Kier alpha value is -1.65. The minimum Gasteiger partial charge on any atom is -0.341 e. The number of nitrogens with zero attached hydrogens (tertiary/aromatic N) is 2. The van der Waals surface area contributed by atoms with Gasteiger partial charge in [0.25, 0.3) is 0 Å². The van der Waals surface area contributed by atoms with E-state index in [-0.39, 0.29) is 47.9 Å². The van der Waals surface area contributed by atoms with Crippen LogP contribution in [0.4, 0.5) is 0 Å². The molecule has 4 atom stereocenters. The van der Waals surface area contributed by atoms with Crippen LogP contribution in [0.5, 0.6) is 0 Å². The van der Waals surface area contributed by atoms with Gasteiger partial charge >= 0.3 is 0 Å². The maximum Gasteiger partial charge on any atom is 0.242 e. The molecule has 0 aromatic carbocycles. The van der Waals surface area contributed by atoms with Crippen molar-refractivity contribution in [1.29, 1.82) is 0 Å². The second-order valence-corrected chi connectivity index (χ2v) is 6.98. The van der Waals surface area contributed by atoms with Gasteiger partial charge in [-0.1, -0.05) is 26.0 Å². The fraction of sp³-hybridized carbons (Fsp3) is 0.722. The third-order valence-corrected chi connectivity index (χ3v) is 5.48. The SMILES string of the molecule is CCCN(CCC)C(=O)CN1C(=O)[C@@H]2[C@@H](C1=O)[C@H]1C=C[C@H]2CC1. The number of amides is 3. The molecule has 5 heteroatoms. The van der Waals surface area contributed by atoms with Gasteiger partial charge < -0.3 is 4.90 Å². The molecule has 0 radical (unpaired) electrons. The van der Waals surface area contributed by atoms with Crippen molar-refractivity contribution in [1.82, 2.24) is 9.80 Å². The van der Waals surface area contributed by atoms with E-state index in [9.17, 15) is 14.4 Å². The molecule has 2 fully saturated rings. The standard InChI is InChI=1S/C18H26N2O3/c1-3-9-19(10-4-2)14(21)11-20-17(22)15-12-5-6-13(8-7-12)16(15)18(20)23/h5-6,12-13,15-16H,3-4,7-11H2,1-2H3/t12-,13-,15-,16-/m0/s1. The van der Waals surface area contributed by atoms with Gasteiger partial charge in [-0.3, -0.25) is 19.3 Å². The van der Waals surface area contributed by atoms with Crippen LogP contribution in [0.25, 0.3) is 0 Å². The number of imide groups is 1. The number of fused-ring (bicyclic) bond motifs is 1. The van der Waals surface area contributed by atoms with E-state index in [4.69, 9.17) is 0 Å². The molecule has 3 amide bonds. The molecular formula is C18H26N2O3. The fourth-order valence-corrected chi connectivity index (χ4v) is 4.43. The van der Waals surface area contributed by atoms with Crippen LogP contribution in [0.1, 0.15) is 39.5 Å². The Labute approximate surface area is 137 Å². The summed E-state index contributed by atoms with van der Waals surface area (Å²) < 4.78 is 0. The van der Waals surface area contributed by atoms with Crippen molar-refractivity contribution in [2.75, 3.05) is 19.6 Å². The molecule has 3 aliphatic carbocycles. The Morgan fingerprint density at radius 3 is 1.91 bits per heavy atom. The zero-order chi connectivity index (χ0) is 16.6. The molecule has 0 unspecified atom stereocenters. The summed E-state index contributed by atoms with van der Waals surface area (Å²) in [6, 6.07) is 0. The molecule has 0 aromatic rings. The molecular weight excluding hydrogens is 292 g/mol. The minimum absolute atomic E-state index is 0.0793. The van der Waals surface area contributed by atoms with E-state index in [1.165, 1.54) is 4.90 Å². The summed E-state index contributed by atoms with van der Waals surface area (Å²) >= 11 is 0. The average molecular weight is 318 g/mol. The van der Waals surface area contributed by atoms with Crippen LogP contribution in [0.15, 0.2) is 12.2 Å². The summed E-state index contributed by atoms with van der Waals surface area (Å²) in [5.41, 5.74) is 0. The molecule has 1 heterocycles. The Morgan fingerprint density at radius 2 is 1.52 bits per heavy atom. The number of hydrogen-bond acceptors (Lipinski definition) is 3. The number of carbonyl (C=O) groups excluding carboxylic acids is 3. The zero-order valence-corrected chi connectivity index (χ0v) is 14.0. The lowest BCUT2D eigenvalue weighted by atomic mass is 9.63. The van der Waals surface area contributed by atoms with Crippen molar-refractivity contribution in [3.8, 4) is 0 Å². The molecule has 4 aliphatic rings. The molecule has 0 aromatic heterocycles. The van der Waals surface area contributed by atoms with Crippen LogP contribution in [-0.4, -0.2) is 47.2 Å². The van der Waals surface area contributed by atoms with Gasteiger partial charge in [-0.15, -0.1) is 0 Å². The van der Waals surface area contributed by atoms with Crippen molar-refractivity contribution in [3.63, 3.8) is 0 Å². The first-order chi connectivity index (χ1) is 11.1. The van der Waals surface area contributed by atoms with Crippen LogP contribution < -0.4 is 0 Å². The quantitative estimate of drug-likeness (QED) is 0.554. The Balaban J connectivity index is 1.73. The highest BCUT2D eigenvalue weighted by atomic mass is 16.2. The van der Waals surface area contributed by atoms with Gasteiger partial charge in [0.05, 0.1) is 11.8 Å². The number of carbonyl (C=O) groups is 3. The van der Waals surface area contributed by atoms with E-state index >= 15 is 0 Å². The van der Waals surface area contributed by atoms with Crippen molar-refractivity contribution in [3.05, 3.63) is 12.2 Å². The van der Waals surface area contributed by atoms with Gasteiger partial charge in [0.1, 0.15) is 6.54 Å². The monoisotopic (exact) mass is 318 g/mol.